The summed E-state index contributed by atoms with van der Waals surface area (Å²) in [6.45, 7) is 3.33. The van der Waals surface area contributed by atoms with Crippen LogP contribution in [0.15, 0.2) is 48.6 Å². The summed E-state index contributed by atoms with van der Waals surface area (Å²) in [6, 6.07) is 0. The number of aliphatic hydroxyl groups is 4. The summed E-state index contributed by atoms with van der Waals surface area (Å²) in [5, 5.41) is 40.1. The van der Waals surface area contributed by atoms with E-state index in [1.165, 1.54) is 109 Å². The van der Waals surface area contributed by atoms with E-state index in [1.807, 2.05) is 12.2 Å². The number of allylic oxidation sites excluding steroid dienone is 8. The highest BCUT2D eigenvalue weighted by Gasteiger charge is 2.44. The van der Waals surface area contributed by atoms with Gasteiger partial charge in [0, 0.05) is 12.8 Å². The summed E-state index contributed by atoms with van der Waals surface area (Å²) >= 11 is 0. The molecule has 0 saturated carbocycles. The van der Waals surface area contributed by atoms with Crippen LogP contribution in [-0.2, 0) is 28.5 Å². The molecule has 1 rings (SSSR count). The van der Waals surface area contributed by atoms with Crippen molar-refractivity contribution in [3.63, 3.8) is 0 Å². The van der Waals surface area contributed by atoms with E-state index in [0.717, 1.165) is 38.5 Å². The number of unbranched alkanes of at least 4 members (excludes halogenated alkanes) is 20. The smallest absolute Gasteiger partial charge is 0.306 e. The molecule has 1 saturated heterocycles. The van der Waals surface area contributed by atoms with E-state index in [-0.39, 0.29) is 26.1 Å². The fourth-order valence-electron chi connectivity index (χ4n) is 6.76. The lowest BCUT2D eigenvalue weighted by molar-refractivity contribution is -0.305. The lowest BCUT2D eigenvalue weighted by atomic mass is 9.99. The molecule has 1 aliphatic heterocycles. The van der Waals surface area contributed by atoms with E-state index in [1.54, 1.807) is 0 Å². The van der Waals surface area contributed by atoms with Crippen molar-refractivity contribution in [3.05, 3.63) is 48.6 Å². The standard InChI is InChI=1S/C48H84O10/c1-3-5-7-9-11-13-15-17-18-19-20-21-22-23-25-26-28-30-32-34-36-43(50)55-39-41(40-56-48-47(54)46(53)45(52)42(38-49)58-48)57-44(51)37-35-33-31-29-27-24-16-14-12-10-8-6-4-2/h13,15,17-18,24,27,31,33,41-42,45-49,52-54H,3-12,14,16,19-23,25-26,28-30,32,34-40H2,1-2H3/b15-13+,18-17+,27-24+,33-31+/t41?,42-,45+,46?,47?,48-/m0/s1. The summed E-state index contributed by atoms with van der Waals surface area (Å²) in [5.74, 6) is -0.889. The molecular weight excluding hydrogens is 737 g/mol. The Hall–Kier alpha value is -2.34. The summed E-state index contributed by atoms with van der Waals surface area (Å²) in [5.41, 5.74) is 0. The Kier molecular flexibility index (Phi) is 35.9. The third-order valence-electron chi connectivity index (χ3n) is 10.5. The average molecular weight is 821 g/mol. The number of rotatable bonds is 38. The highest BCUT2D eigenvalue weighted by molar-refractivity contribution is 5.70. The lowest BCUT2D eigenvalue weighted by Crippen LogP contribution is -2.59. The van der Waals surface area contributed by atoms with Gasteiger partial charge in [-0.3, -0.25) is 9.59 Å². The lowest BCUT2D eigenvalue weighted by Gasteiger charge is -2.39. The third kappa shape index (κ3) is 29.8. The first-order chi connectivity index (χ1) is 28.3. The highest BCUT2D eigenvalue weighted by atomic mass is 16.7. The zero-order valence-corrected chi connectivity index (χ0v) is 36.5. The first-order valence-electron chi connectivity index (χ1n) is 23.2. The molecule has 0 bridgehead atoms. The number of ether oxygens (including phenoxy) is 4. The van der Waals surface area contributed by atoms with Crippen molar-refractivity contribution in [2.24, 2.45) is 0 Å². The maximum Gasteiger partial charge on any atom is 0.306 e. The van der Waals surface area contributed by atoms with Crippen molar-refractivity contribution in [3.8, 4) is 0 Å². The number of aliphatic hydroxyl groups excluding tert-OH is 4. The first-order valence-corrected chi connectivity index (χ1v) is 23.2. The molecule has 336 valence electrons. The monoisotopic (exact) mass is 821 g/mol. The Morgan fingerprint density at radius 3 is 1.62 bits per heavy atom. The van der Waals surface area contributed by atoms with Crippen LogP contribution in [0.5, 0.6) is 0 Å². The van der Waals surface area contributed by atoms with Crippen molar-refractivity contribution >= 4 is 11.9 Å². The van der Waals surface area contributed by atoms with Gasteiger partial charge in [-0.1, -0.05) is 165 Å². The number of hydrogen-bond donors (Lipinski definition) is 4. The summed E-state index contributed by atoms with van der Waals surface area (Å²) in [6.07, 6.45) is 38.5. The summed E-state index contributed by atoms with van der Waals surface area (Å²) in [4.78, 5) is 25.3. The molecular formula is C48H84O10. The second-order valence-electron chi connectivity index (χ2n) is 15.9. The molecule has 0 radical (unpaired) electrons. The van der Waals surface area contributed by atoms with Crippen molar-refractivity contribution < 1.29 is 49.0 Å². The van der Waals surface area contributed by atoms with Crippen LogP contribution in [-0.4, -0.2) is 89.0 Å². The first kappa shape index (κ1) is 53.7. The van der Waals surface area contributed by atoms with Gasteiger partial charge in [0.15, 0.2) is 12.4 Å². The molecule has 4 N–H and O–H groups in total. The Morgan fingerprint density at radius 1 is 0.552 bits per heavy atom. The van der Waals surface area contributed by atoms with Crippen LogP contribution in [0, 0.1) is 0 Å². The Balaban J connectivity index is 2.32. The van der Waals surface area contributed by atoms with Gasteiger partial charge < -0.3 is 39.4 Å². The van der Waals surface area contributed by atoms with Crippen LogP contribution < -0.4 is 0 Å². The molecule has 10 heteroatoms. The maximum atomic E-state index is 12.7. The van der Waals surface area contributed by atoms with Gasteiger partial charge in [-0.25, -0.2) is 0 Å². The topological polar surface area (TPSA) is 152 Å². The minimum atomic E-state index is -1.60. The molecule has 0 aromatic carbocycles. The third-order valence-corrected chi connectivity index (χ3v) is 10.5. The van der Waals surface area contributed by atoms with Crippen LogP contribution in [0.3, 0.4) is 0 Å². The SMILES string of the molecule is CCCCCC/C=C/C=C/CCCCCCCCCCCCC(=O)OCC(CO[C@H]1O[C@@H](CO)[C@@H](O)C(O)C1O)OC(=O)CC/C=C/C/C=C/CCCCCCCC. The predicted octanol–water partition coefficient (Wildman–Crippen LogP) is 10.1. The summed E-state index contributed by atoms with van der Waals surface area (Å²) < 4.78 is 22.1. The van der Waals surface area contributed by atoms with E-state index in [9.17, 15) is 30.0 Å². The summed E-state index contributed by atoms with van der Waals surface area (Å²) in [7, 11) is 0. The molecule has 6 atom stereocenters. The Bertz CT molecular complexity index is 1090. The van der Waals surface area contributed by atoms with Gasteiger partial charge in [0.05, 0.1) is 13.2 Å². The molecule has 0 aliphatic carbocycles. The minimum Gasteiger partial charge on any atom is -0.462 e. The van der Waals surface area contributed by atoms with E-state index in [0.29, 0.717) is 12.8 Å². The van der Waals surface area contributed by atoms with Crippen LogP contribution >= 0.6 is 0 Å². The molecule has 1 aliphatic rings. The minimum absolute atomic E-state index is 0.122. The molecule has 3 unspecified atom stereocenters. The quantitative estimate of drug-likeness (QED) is 0.0205. The number of carbonyl (C=O) groups is 2. The largest absolute Gasteiger partial charge is 0.462 e. The van der Waals surface area contributed by atoms with Crippen LogP contribution in [0.1, 0.15) is 187 Å². The Morgan fingerprint density at radius 2 is 1.05 bits per heavy atom. The molecule has 58 heavy (non-hydrogen) atoms. The highest BCUT2D eigenvalue weighted by Crippen LogP contribution is 2.22. The van der Waals surface area contributed by atoms with E-state index < -0.39 is 55.4 Å². The van der Waals surface area contributed by atoms with Crippen LogP contribution in [0.25, 0.3) is 0 Å². The number of esters is 2. The van der Waals surface area contributed by atoms with Crippen LogP contribution in [0.4, 0.5) is 0 Å². The predicted molar refractivity (Wildman–Crippen MR) is 233 cm³/mol. The van der Waals surface area contributed by atoms with Crippen LogP contribution in [0.2, 0.25) is 0 Å². The van der Waals surface area contributed by atoms with Gasteiger partial charge in [-0.2, -0.15) is 0 Å². The number of hydrogen-bond acceptors (Lipinski definition) is 10. The molecule has 0 amide bonds. The molecule has 0 spiro atoms. The fraction of sp³-hybridized carbons (Fsp3) is 0.792. The zero-order valence-electron chi connectivity index (χ0n) is 36.5. The van der Waals surface area contributed by atoms with Gasteiger partial charge in [-0.15, -0.1) is 0 Å². The van der Waals surface area contributed by atoms with Crippen molar-refractivity contribution in [2.75, 3.05) is 19.8 Å². The van der Waals surface area contributed by atoms with Gasteiger partial charge in [-0.05, 0) is 57.8 Å². The molecule has 0 aromatic rings. The van der Waals surface area contributed by atoms with Crippen molar-refractivity contribution in [1.82, 2.24) is 0 Å². The van der Waals surface area contributed by atoms with Crippen molar-refractivity contribution in [2.45, 2.75) is 224 Å². The van der Waals surface area contributed by atoms with Gasteiger partial charge >= 0.3 is 11.9 Å². The molecule has 1 heterocycles. The van der Waals surface area contributed by atoms with Gasteiger partial charge in [0.1, 0.15) is 31.0 Å². The van der Waals surface area contributed by atoms with E-state index >= 15 is 0 Å². The Labute approximate surface area is 352 Å². The zero-order chi connectivity index (χ0) is 42.3. The second kappa shape index (κ2) is 38.8. The second-order valence-corrected chi connectivity index (χ2v) is 15.9. The maximum absolute atomic E-state index is 12.7. The van der Waals surface area contributed by atoms with Gasteiger partial charge in [0.2, 0.25) is 0 Å². The normalized spacial score (nSPS) is 20.6. The van der Waals surface area contributed by atoms with E-state index in [2.05, 4.69) is 50.3 Å². The van der Waals surface area contributed by atoms with Crippen molar-refractivity contribution in [1.29, 1.82) is 0 Å². The van der Waals surface area contributed by atoms with Gasteiger partial charge in [0.25, 0.3) is 0 Å². The van der Waals surface area contributed by atoms with E-state index in [4.69, 9.17) is 18.9 Å². The fourth-order valence-corrected chi connectivity index (χ4v) is 6.76. The molecule has 0 aromatic heterocycles. The average Bonchev–Trinajstić information content (AvgIpc) is 3.22. The number of carbonyl (C=O) groups excluding carboxylic acids is 2. The molecule has 10 nitrogen and oxygen atoms in total. The molecule has 1 fully saturated rings.